The molecular formula is C12H15FN2O4S. The Morgan fingerprint density at radius 2 is 2.10 bits per heavy atom. The first-order chi connectivity index (χ1) is 9.43. The minimum Gasteiger partial charge on any atom is -0.478 e. The summed E-state index contributed by atoms with van der Waals surface area (Å²) in [6.07, 6.45) is 0. The van der Waals surface area contributed by atoms with Gasteiger partial charge < -0.3 is 15.7 Å². The molecular weight excluding hydrogens is 287 g/mol. The SMILES string of the molecule is CCS(=O)CCNC(=O)Nc1cc(C(=O)O)ccc1F. The first-order valence-electron chi connectivity index (χ1n) is 5.86. The molecule has 0 radical (unpaired) electrons. The second kappa shape index (κ2) is 7.59. The minimum absolute atomic E-state index is 0.131. The summed E-state index contributed by atoms with van der Waals surface area (Å²) < 4.78 is 24.6. The van der Waals surface area contributed by atoms with E-state index >= 15 is 0 Å². The maximum Gasteiger partial charge on any atom is 0.335 e. The Labute approximate surface area is 117 Å². The van der Waals surface area contributed by atoms with Gasteiger partial charge in [0.25, 0.3) is 0 Å². The van der Waals surface area contributed by atoms with E-state index in [9.17, 15) is 18.2 Å². The number of amides is 2. The van der Waals surface area contributed by atoms with Crippen molar-refractivity contribution in [2.45, 2.75) is 6.92 Å². The highest BCUT2D eigenvalue weighted by Crippen LogP contribution is 2.16. The van der Waals surface area contributed by atoms with Crippen LogP contribution in [0.2, 0.25) is 0 Å². The molecule has 8 heteroatoms. The van der Waals surface area contributed by atoms with E-state index in [4.69, 9.17) is 5.11 Å². The molecule has 1 aromatic carbocycles. The average Bonchev–Trinajstić information content (AvgIpc) is 2.40. The fourth-order valence-electron chi connectivity index (χ4n) is 1.34. The van der Waals surface area contributed by atoms with Crippen LogP contribution >= 0.6 is 0 Å². The van der Waals surface area contributed by atoms with Crippen LogP contribution in [0.3, 0.4) is 0 Å². The van der Waals surface area contributed by atoms with Crippen molar-refractivity contribution in [3.63, 3.8) is 0 Å². The largest absolute Gasteiger partial charge is 0.478 e. The quantitative estimate of drug-likeness (QED) is 0.740. The van der Waals surface area contributed by atoms with Crippen molar-refractivity contribution in [2.75, 3.05) is 23.4 Å². The summed E-state index contributed by atoms with van der Waals surface area (Å²) in [5.74, 6) is -1.14. The van der Waals surface area contributed by atoms with Gasteiger partial charge in [-0.15, -0.1) is 0 Å². The lowest BCUT2D eigenvalue weighted by Crippen LogP contribution is -2.32. The Bertz CT molecular complexity index is 536. The molecule has 0 spiro atoms. The number of nitrogens with one attached hydrogen (secondary N) is 2. The molecule has 1 aromatic rings. The third-order valence-corrected chi connectivity index (χ3v) is 3.70. The predicted molar refractivity (Wildman–Crippen MR) is 73.9 cm³/mol. The highest BCUT2D eigenvalue weighted by molar-refractivity contribution is 7.84. The van der Waals surface area contributed by atoms with Crippen molar-refractivity contribution in [3.05, 3.63) is 29.6 Å². The molecule has 0 bridgehead atoms. The van der Waals surface area contributed by atoms with Crippen molar-refractivity contribution in [1.82, 2.24) is 5.32 Å². The van der Waals surface area contributed by atoms with E-state index in [1.807, 2.05) is 0 Å². The van der Waals surface area contributed by atoms with Gasteiger partial charge in [-0.05, 0) is 18.2 Å². The zero-order valence-corrected chi connectivity index (χ0v) is 11.6. The second-order valence-electron chi connectivity index (χ2n) is 3.81. The highest BCUT2D eigenvalue weighted by Gasteiger charge is 2.10. The fraction of sp³-hybridized carbons (Fsp3) is 0.333. The zero-order chi connectivity index (χ0) is 15.1. The molecule has 1 rings (SSSR count). The first kappa shape index (κ1) is 16.1. The van der Waals surface area contributed by atoms with Crippen LogP contribution in [-0.2, 0) is 10.8 Å². The number of carboxylic acids is 1. The Balaban J connectivity index is 2.59. The Morgan fingerprint density at radius 3 is 2.70 bits per heavy atom. The molecule has 0 saturated carbocycles. The molecule has 0 fully saturated rings. The van der Waals surface area contributed by atoms with E-state index in [-0.39, 0.29) is 17.8 Å². The molecule has 6 nitrogen and oxygen atoms in total. The normalized spacial score (nSPS) is 11.7. The maximum atomic E-state index is 13.4. The van der Waals surface area contributed by atoms with Crippen molar-refractivity contribution in [3.8, 4) is 0 Å². The molecule has 20 heavy (non-hydrogen) atoms. The number of carboxylic acid groups (broad SMARTS) is 1. The summed E-state index contributed by atoms with van der Waals surface area (Å²) in [7, 11) is -0.998. The number of carbonyl (C=O) groups is 2. The summed E-state index contributed by atoms with van der Waals surface area (Å²) >= 11 is 0. The van der Waals surface area contributed by atoms with E-state index in [1.54, 1.807) is 6.92 Å². The van der Waals surface area contributed by atoms with Gasteiger partial charge in [-0.2, -0.15) is 0 Å². The molecule has 0 aliphatic carbocycles. The van der Waals surface area contributed by atoms with Gasteiger partial charge in [0.05, 0.1) is 11.3 Å². The van der Waals surface area contributed by atoms with E-state index in [0.29, 0.717) is 11.5 Å². The summed E-state index contributed by atoms with van der Waals surface area (Å²) in [5.41, 5.74) is -0.354. The lowest BCUT2D eigenvalue weighted by molar-refractivity contribution is 0.0697. The van der Waals surface area contributed by atoms with Gasteiger partial charge in [-0.1, -0.05) is 6.92 Å². The average molecular weight is 302 g/mol. The second-order valence-corrected chi connectivity index (χ2v) is 5.68. The molecule has 0 heterocycles. The number of rotatable bonds is 6. The van der Waals surface area contributed by atoms with E-state index in [0.717, 1.165) is 18.2 Å². The number of aromatic carboxylic acids is 1. The molecule has 0 aliphatic rings. The molecule has 110 valence electrons. The maximum absolute atomic E-state index is 13.4. The highest BCUT2D eigenvalue weighted by atomic mass is 32.2. The van der Waals surface area contributed by atoms with Crippen LogP contribution in [0.15, 0.2) is 18.2 Å². The summed E-state index contributed by atoms with van der Waals surface area (Å²) in [6.45, 7) is 1.95. The van der Waals surface area contributed by atoms with E-state index in [1.165, 1.54) is 0 Å². The zero-order valence-electron chi connectivity index (χ0n) is 10.8. The third-order valence-electron chi connectivity index (χ3n) is 2.40. The monoisotopic (exact) mass is 302 g/mol. The Hall–Kier alpha value is -1.96. The number of urea groups is 1. The molecule has 1 unspecified atom stereocenters. The Morgan fingerprint density at radius 1 is 1.40 bits per heavy atom. The van der Waals surface area contributed by atoms with Gasteiger partial charge in [0.1, 0.15) is 5.82 Å². The predicted octanol–water partition coefficient (Wildman–Crippen LogP) is 1.41. The molecule has 0 aliphatic heterocycles. The summed E-state index contributed by atoms with van der Waals surface area (Å²) in [4.78, 5) is 22.2. The number of anilines is 1. The van der Waals surface area contributed by atoms with Crippen LogP contribution in [0, 0.1) is 5.82 Å². The lowest BCUT2D eigenvalue weighted by atomic mass is 10.2. The molecule has 1 atom stereocenters. The van der Waals surface area contributed by atoms with E-state index in [2.05, 4.69) is 10.6 Å². The topological polar surface area (TPSA) is 95.5 Å². The smallest absolute Gasteiger partial charge is 0.335 e. The van der Waals surface area contributed by atoms with Crippen molar-refractivity contribution >= 4 is 28.5 Å². The van der Waals surface area contributed by atoms with Crippen LogP contribution in [0.25, 0.3) is 0 Å². The molecule has 0 aromatic heterocycles. The van der Waals surface area contributed by atoms with Crippen LogP contribution in [0.5, 0.6) is 0 Å². The third kappa shape index (κ3) is 4.96. The molecule has 0 saturated heterocycles. The van der Waals surface area contributed by atoms with Crippen LogP contribution < -0.4 is 10.6 Å². The van der Waals surface area contributed by atoms with Crippen LogP contribution in [-0.4, -0.2) is 39.4 Å². The van der Waals surface area contributed by atoms with Crippen LogP contribution in [0.4, 0.5) is 14.9 Å². The van der Waals surface area contributed by atoms with Crippen molar-refractivity contribution in [2.24, 2.45) is 0 Å². The minimum atomic E-state index is -1.22. The van der Waals surface area contributed by atoms with Gasteiger partial charge >= 0.3 is 12.0 Å². The van der Waals surface area contributed by atoms with Crippen molar-refractivity contribution < 1.29 is 23.3 Å². The molecule has 2 amide bonds. The van der Waals surface area contributed by atoms with Crippen molar-refractivity contribution in [1.29, 1.82) is 0 Å². The fourth-order valence-corrected chi connectivity index (χ4v) is 1.96. The van der Waals surface area contributed by atoms with E-state index < -0.39 is 28.6 Å². The lowest BCUT2D eigenvalue weighted by Gasteiger charge is -2.08. The van der Waals surface area contributed by atoms with Gasteiger partial charge in [0, 0.05) is 28.9 Å². The van der Waals surface area contributed by atoms with Gasteiger partial charge in [-0.3, -0.25) is 4.21 Å². The van der Waals surface area contributed by atoms with Crippen LogP contribution in [0.1, 0.15) is 17.3 Å². The first-order valence-corrected chi connectivity index (χ1v) is 7.35. The molecule has 3 N–H and O–H groups in total. The number of benzene rings is 1. The van der Waals surface area contributed by atoms with Gasteiger partial charge in [0.2, 0.25) is 0 Å². The standard InChI is InChI=1S/C12H15FN2O4S/c1-2-20(19)6-5-14-12(18)15-10-7-8(11(16)17)3-4-9(10)13/h3-4,7H,2,5-6H2,1H3,(H,16,17)(H2,14,15,18). The number of halogens is 1. The van der Waals surface area contributed by atoms with Gasteiger partial charge in [0.15, 0.2) is 0 Å². The number of hydrogen-bond acceptors (Lipinski definition) is 3. The summed E-state index contributed by atoms with van der Waals surface area (Å²) in [6, 6.07) is 2.41. The summed E-state index contributed by atoms with van der Waals surface area (Å²) in [5, 5.41) is 13.4. The number of carbonyl (C=O) groups excluding carboxylic acids is 1. The number of hydrogen-bond donors (Lipinski definition) is 3. The van der Waals surface area contributed by atoms with Gasteiger partial charge in [-0.25, -0.2) is 14.0 Å². The Kier molecular flexibility index (Phi) is 6.10.